The van der Waals surface area contributed by atoms with Gasteiger partial charge in [-0.05, 0) is 56.3 Å². The standard InChI is InChI=1S/C23H23FN4O6/c1-3-33-22(31)13-9-14(23(32)34-4-2)11-16(10-13)26-21(30)18-12-19(20(25)29)28(27-18)17-7-5-15(24)6-8-17/h5-11,19H,3-4,12H2,1-2H3,(H2,25,29)(H,26,30). The molecular weight excluding hydrogens is 447 g/mol. The number of hydrogen-bond acceptors (Lipinski definition) is 8. The molecule has 1 aliphatic rings. The highest BCUT2D eigenvalue weighted by molar-refractivity contribution is 6.44. The molecule has 0 spiro atoms. The van der Waals surface area contributed by atoms with Crippen LogP contribution in [0.5, 0.6) is 0 Å². The number of anilines is 2. The fourth-order valence-corrected chi connectivity index (χ4v) is 3.27. The molecule has 10 nitrogen and oxygen atoms in total. The lowest BCUT2D eigenvalue weighted by atomic mass is 10.1. The van der Waals surface area contributed by atoms with Gasteiger partial charge in [-0.15, -0.1) is 0 Å². The number of halogens is 1. The first kappa shape index (κ1) is 24.4. The van der Waals surface area contributed by atoms with Crippen LogP contribution in [0.1, 0.15) is 41.0 Å². The van der Waals surface area contributed by atoms with Gasteiger partial charge in [0, 0.05) is 12.1 Å². The van der Waals surface area contributed by atoms with Crippen LogP contribution < -0.4 is 16.1 Å². The average molecular weight is 470 g/mol. The Balaban J connectivity index is 1.89. The third kappa shape index (κ3) is 5.55. The second kappa shape index (κ2) is 10.6. The molecule has 0 bridgehead atoms. The maximum absolute atomic E-state index is 13.3. The molecule has 1 heterocycles. The Morgan fingerprint density at radius 3 is 2.09 bits per heavy atom. The van der Waals surface area contributed by atoms with Gasteiger partial charge in [0.1, 0.15) is 17.6 Å². The number of hydrazone groups is 1. The smallest absolute Gasteiger partial charge is 0.338 e. The van der Waals surface area contributed by atoms with Crippen molar-refractivity contribution in [2.45, 2.75) is 26.3 Å². The normalized spacial score (nSPS) is 14.9. The fourth-order valence-electron chi connectivity index (χ4n) is 3.27. The van der Waals surface area contributed by atoms with Crippen molar-refractivity contribution < 1.29 is 33.0 Å². The number of carbonyl (C=O) groups is 4. The van der Waals surface area contributed by atoms with Gasteiger partial charge in [-0.3, -0.25) is 14.6 Å². The topological polar surface area (TPSA) is 140 Å². The molecule has 3 N–H and O–H groups in total. The van der Waals surface area contributed by atoms with Crippen LogP contribution in [0.25, 0.3) is 0 Å². The molecule has 0 saturated carbocycles. The van der Waals surface area contributed by atoms with Crippen LogP contribution in [-0.2, 0) is 19.1 Å². The summed E-state index contributed by atoms with van der Waals surface area (Å²) >= 11 is 0. The summed E-state index contributed by atoms with van der Waals surface area (Å²) in [6.45, 7) is 3.51. The largest absolute Gasteiger partial charge is 0.462 e. The first-order valence-corrected chi connectivity index (χ1v) is 10.5. The van der Waals surface area contributed by atoms with E-state index >= 15 is 0 Å². The van der Waals surface area contributed by atoms with Gasteiger partial charge in [0.25, 0.3) is 5.91 Å². The Labute approximate surface area is 194 Å². The van der Waals surface area contributed by atoms with Crippen molar-refractivity contribution in [3.05, 3.63) is 59.4 Å². The van der Waals surface area contributed by atoms with Crippen molar-refractivity contribution in [2.24, 2.45) is 10.8 Å². The molecule has 0 fully saturated rings. The molecule has 1 aliphatic heterocycles. The number of benzene rings is 2. The van der Waals surface area contributed by atoms with Crippen LogP contribution in [0.3, 0.4) is 0 Å². The van der Waals surface area contributed by atoms with Gasteiger partial charge >= 0.3 is 11.9 Å². The molecule has 0 saturated heterocycles. The lowest BCUT2D eigenvalue weighted by Gasteiger charge is -2.20. The summed E-state index contributed by atoms with van der Waals surface area (Å²) in [5.41, 5.74) is 6.03. The molecule has 1 unspecified atom stereocenters. The molecule has 34 heavy (non-hydrogen) atoms. The summed E-state index contributed by atoms with van der Waals surface area (Å²) in [4.78, 5) is 49.3. The molecule has 0 aliphatic carbocycles. The van der Waals surface area contributed by atoms with E-state index in [1.165, 1.54) is 47.5 Å². The molecule has 2 aromatic rings. The van der Waals surface area contributed by atoms with E-state index in [-0.39, 0.29) is 42.2 Å². The van der Waals surface area contributed by atoms with E-state index in [2.05, 4.69) is 10.4 Å². The van der Waals surface area contributed by atoms with Crippen molar-refractivity contribution in [3.8, 4) is 0 Å². The molecule has 11 heteroatoms. The highest BCUT2D eigenvalue weighted by Gasteiger charge is 2.35. The van der Waals surface area contributed by atoms with E-state index in [0.29, 0.717) is 5.69 Å². The van der Waals surface area contributed by atoms with Crippen molar-refractivity contribution in [1.82, 2.24) is 0 Å². The SMILES string of the molecule is CCOC(=O)c1cc(NC(=O)C2=NN(c3ccc(F)cc3)C(C(N)=O)C2)cc(C(=O)OCC)c1. The van der Waals surface area contributed by atoms with Gasteiger partial charge < -0.3 is 20.5 Å². The number of ether oxygens (including phenoxy) is 2. The van der Waals surface area contributed by atoms with Crippen LogP contribution in [0.15, 0.2) is 47.6 Å². The number of rotatable bonds is 8. The quantitative estimate of drug-likeness (QED) is 0.564. The second-order valence-corrected chi connectivity index (χ2v) is 7.18. The van der Waals surface area contributed by atoms with Gasteiger partial charge in [0.05, 0.1) is 30.0 Å². The Hall–Kier alpha value is -4.28. The third-order valence-corrected chi connectivity index (χ3v) is 4.81. The maximum Gasteiger partial charge on any atom is 0.338 e. The fraction of sp³-hybridized carbons (Fsp3) is 0.261. The average Bonchev–Trinajstić information content (AvgIpc) is 3.26. The highest BCUT2D eigenvalue weighted by atomic mass is 19.1. The predicted octanol–water partition coefficient (Wildman–Crippen LogP) is 2.24. The molecular formula is C23H23FN4O6. The summed E-state index contributed by atoms with van der Waals surface area (Å²) < 4.78 is 23.2. The molecule has 2 amide bonds. The van der Waals surface area contributed by atoms with Gasteiger partial charge in [-0.1, -0.05) is 0 Å². The molecule has 1 atom stereocenters. The van der Waals surface area contributed by atoms with Crippen molar-refractivity contribution in [2.75, 3.05) is 23.5 Å². The van der Waals surface area contributed by atoms with Gasteiger partial charge in [0.2, 0.25) is 5.91 Å². The lowest BCUT2D eigenvalue weighted by Crippen LogP contribution is -2.39. The van der Waals surface area contributed by atoms with E-state index in [9.17, 15) is 23.6 Å². The van der Waals surface area contributed by atoms with E-state index in [1.54, 1.807) is 13.8 Å². The van der Waals surface area contributed by atoms with E-state index in [1.807, 2.05) is 0 Å². The van der Waals surface area contributed by atoms with E-state index in [0.717, 1.165) is 0 Å². The monoisotopic (exact) mass is 470 g/mol. The Bertz CT molecular complexity index is 1110. The first-order valence-electron chi connectivity index (χ1n) is 10.5. The molecule has 178 valence electrons. The Morgan fingerprint density at radius 2 is 1.59 bits per heavy atom. The minimum atomic E-state index is -0.952. The van der Waals surface area contributed by atoms with Crippen LogP contribution in [0.4, 0.5) is 15.8 Å². The first-order chi connectivity index (χ1) is 16.2. The number of nitrogens with zero attached hydrogens (tertiary/aromatic N) is 2. The van der Waals surface area contributed by atoms with Crippen molar-refractivity contribution >= 4 is 40.8 Å². The number of hydrogen-bond donors (Lipinski definition) is 2. The van der Waals surface area contributed by atoms with Gasteiger partial charge in [-0.25, -0.2) is 14.0 Å². The number of nitrogens with two attached hydrogens (primary N) is 1. The van der Waals surface area contributed by atoms with Crippen LogP contribution in [0, 0.1) is 5.82 Å². The zero-order valence-electron chi connectivity index (χ0n) is 18.5. The molecule has 2 aromatic carbocycles. The lowest BCUT2D eigenvalue weighted by molar-refractivity contribution is -0.119. The second-order valence-electron chi connectivity index (χ2n) is 7.18. The van der Waals surface area contributed by atoms with Crippen LogP contribution in [-0.4, -0.2) is 48.7 Å². The summed E-state index contributed by atoms with van der Waals surface area (Å²) in [7, 11) is 0. The van der Waals surface area contributed by atoms with Crippen molar-refractivity contribution in [3.63, 3.8) is 0 Å². The predicted molar refractivity (Wildman–Crippen MR) is 121 cm³/mol. The molecule has 0 aromatic heterocycles. The number of amides is 2. The minimum absolute atomic E-state index is 0.0210. The number of primary amides is 1. The highest BCUT2D eigenvalue weighted by Crippen LogP contribution is 2.26. The number of esters is 2. The zero-order valence-corrected chi connectivity index (χ0v) is 18.5. The summed E-state index contributed by atoms with van der Waals surface area (Å²) in [6.07, 6.45) is -0.0964. The third-order valence-electron chi connectivity index (χ3n) is 4.81. The van der Waals surface area contributed by atoms with E-state index in [4.69, 9.17) is 15.2 Å². The summed E-state index contributed by atoms with van der Waals surface area (Å²) in [6, 6.07) is 8.24. The Kier molecular flexibility index (Phi) is 7.57. The number of nitrogens with one attached hydrogen (secondary N) is 1. The molecule has 0 radical (unpaired) electrons. The summed E-state index contributed by atoms with van der Waals surface area (Å²) in [5, 5.41) is 8.01. The maximum atomic E-state index is 13.3. The van der Waals surface area contributed by atoms with Gasteiger partial charge in [-0.2, -0.15) is 5.10 Å². The minimum Gasteiger partial charge on any atom is -0.462 e. The zero-order chi connectivity index (χ0) is 24.8. The van der Waals surface area contributed by atoms with Gasteiger partial charge in [0.15, 0.2) is 0 Å². The summed E-state index contributed by atoms with van der Waals surface area (Å²) in [5.74, 6) is -3.23. The molecule has 3 rings (SSSR count). The van der Waals surface area contributed by atoms with Crippen molar-refractivity contribution in [1.29, 1.82) is 0 Å². The van der Waals surface area contributed by atoms with Crippen LogP contribution in [0.2, 0.25) is 0 Å². The van der Waals surface area contributed by atoms with Crippen LogP contribution >= 0.6 is 0 Å². The number of carbonyl (C=O) groups excluding carboxylic acids is 4. The van der Waals surface area contributed by atoms with E-state index < -0.39 is 35.6 Å². The Morgan fingerprint density at radius 1 is 1.03 bits per heavy atom.